The van der Waals surface area contributed by atoms with Gasteiger partial charge in [-0.05, 0) is 32.1 Å². The van der Waals surface area contributed by atoms with Gasteiger partial charge in [0.2, 0.25) is 17.7 Å². The molecule has 3 fully saturated rings. The van der Waals surface area contributed by atoms with Crippen LogP contribution in [0.25, 0.3) is 0 Å². The van der Waals surface area contributed by atoms with Gasteiger partial charge in [0.15, 0.2) is 0 Å². The minimum absolute atomic E-state index is 0.0118. The molecule has 2 saturated heterocycles. The molecule has 36 heavy (non-hydrogen) atoms. The molecule has 0 aromatic carbocycles. The van der Waals surface area contributed by atoms with Crippen molar-refractivity contribution in [2.24, 2.45) is 17.8 Å². The minimum atomic E-state index is -0.834. The van der Waals surface area contributed by atoms with Crippen LogP contribution in [0, 0.1) is 17.8 Å². The van der Waals surface area contributed by atoms with Crippen molar-refractivity contribution < 1.29 is 19.5 Å². The molecule has 0 aromatic rings. The van der Waals surface area contributed by atoms with Crippen LogP contribution in [0.15, 0.2) is 24.3 Å². The van der Waals surface area contributed by atoms with Crippen LogP contribution in [-0.4, -0.2) is 91.9 Å². The van der Waals surface area contributed by atoms with Crippen LogP contribution in [-0.2, 0) is 14.4 Å². The smallest absolute Gasteiger partial charge is 0.247 e. The number of aliphatic hydroxyl groups excluding tert-OH is 1. The maximum Gasteiger partial charge on any atom is 0.247 e. The van der Waals surface area contributed by atoms with E-state index in [-0.39, 0.29) is 36.3 Å². The van der Waals surface area contributed by atoms with Crippen LogP contribution in [0.1, 0.15) is 59.3 Å². The summed E-state index contributed by atoms with van der Waals surface area (Å²) in [7, 11) is 1.79. The summed E-state index contributed by atoms with van der Waals surface area (Å²) in [5.41, 5.74) is 0. The summed E-state index contributed by atoms with van der Waals surface area (Å²) in [6.45, 7) is 7.06. The second-order valence-electron chi connectivity index (χ2n) is 12.0. The number of likely N-dealkylation sites (N-methyl/N-ethyl adjacent to an activating group) is 1. The number of carbonyl (C=O) groups is 3. The molecule has 0 aromatic heterocycles. The second kappa shape index (κ2) is 9.50. The van der Waals surface area contributed by atoms with Gasteiger partial charge in [-0.3, -0.25) is 14.4 Å². The van der Waals surface area contributed by atoms with Gasteiger partial charge in [-0.15, -0.1) is 11.8 Å². The molecule has 5 rings (SSSR count). The fourth-order valence-corrected chi connectivity index (χ4v) is 9.68. The Kier molecular flexibility index (Phi) is 6.82. The molecule has 1 aliphatic carbocycles. The summed E-state index contributed by atoms with van der Waals surface area (Å²) in [6, 6.07) is -0.985. The van der Waals surface area contributed by atoms with Crippen molar-refractivity contribution in [3.63, 3.8) is 0 Å². The van der Waals surface area contributed by atoms with E-state index in [1.807, 2.05) is 11.0 Å². The van der Waals surface area contributed by atoms with Crippen molar-refractivity contribution >= 4 is 29.5 Å². The Labute approximate surface area is 219 Å². The number of amides is 3. The van der Waals surface area contributed by atoms with Gasteiger partial charge in [-0.1, -0.05) is 57.4 Å². The highest BCUT2D eigenvalue weighted by molar-refractivity contribution is 8.02. The second-order valence-corrected chi connectivity index (χ2v) is 13.8. The molecule has 0 bridgehead atoms. The molecular formula is C28H41N3O4S. The number of likely N-dealkylation sites (tertiary alicyclic amines) is 1. The standard InChI is InChI=1S/C28H41N3O4S/c1-18(2)16-20(17-32)31-23-26(35)30(19-10-6-5-7-11-19)15-9-13-28(23)22(25(31)34)21-24(33)29(4)14-8-12-27(21,3)36-28/h8-9,12-13,18-23,32H,5-7,10-11,14-17H2,1-4H3/t20-,21+,22+,23?,27-,28+/m1/s1. The lowest BCUT2D eigenvalue weighted by molar-refractivity contribution is -0.148. The Balaban J connectivity index is 1.64. The molecule has 4 heterocycles. The monoisotopic (exact) mass is 515 g/mol. The summed E-state index contributed by atoms with van der Waals surface area (Å²) in [5.74, 6) is -1.14. The minimum Gasteiger partial charge on any atom is -0.394 e. The van der Waals surface area contributed by atoms with E-state index in [1.165, 1.54) is 6.42 Å². The van der Waals surface area contributed by atoms with E-state index in [4.69, 9.17) is 0 Å². The van der Waals surface area contributed by atoms with E-state index in [9.17, 15) is 19.5 Å². The lowest BCUT2D eigenvalue weighted by Crippen LogP contribution is -2.58. The highest BCUT2D eigenvalue weighted by Gasteiger charge is 2.74. The quantitative estimate of drug-likeness (QED) is 0.570. The van der Waals surface area contributed by atoms with E-state index >= 15 is 0 Å². The van der Waals surface area contributed by atoms with Crippen LogP contribution < -0.4 is 0 Å². The molecule has 1 spiro atoms. The summed E-state index contributed by atoms with van der Waals surface area (Å²) in [4.78, 5) is 48.1. The molecule has 1 unspecified atom stereocenters. The highest BCUT2D eigenvalue weighted by Crippen LogP contribution is 2.66. The van der Waals surface area contributed by atoms with E-state index < -0.39 is 33.4 Å². The molecule has 0 radical (unpaired) electrons. The number of thioether (sulfide) groups is 1. The van der Waals surface area contributed by atoms with Crippen LogP contribution >= 0.6 is 11.8 Å². The van der Waals surface area contributed by atoms with Crippen molar-refractivity contribution in [3.05, 3.63) is 24.3 Å². The number of nitrogens with zero attached hydrogens (tertiary/aromatic N) is 3. The molecular weight excluding hydrogens is 474 g/mol. The topological polar surface area (TPSA) is 81.2 Å². The largest absolute Gasteiger partial charge is 0.394 e. The van der Waals surface area contributed by atoms with Crippen LogP contribution in [0.4, 0.5) is 0 Å². The van der Waals surface area contributed by atoms with E-state index in [2.05, 4.69) is 39.0 Å². The van der Waals surface area contributed by atoms with Crippen LogP contribution in [0.2, 0.25) is 0 Å². The van der Waals surface area contributed by atoms with Crippen molar-refractivity contribution in [3.8, 4) is 0 Å². The highest BCUT2D eigenvalue weighted by atomic mass is 32.2. The van der Waals surface area contributed by atoms with Crippen LogP contribution in [0.5, 0.6) is 0 Å². The third-order valence-electron chi connectivity index (χ3n) is 9.09. The molecule has 7 nitrogen and oxygen atoms in total. The molecule has 1 N–H and O–H groups in total. The number of hydrogen-bond donors (Lipinski definition) is 1. The maximum absolute atomic E-state index is 14.5. The predicted octanol–water partition coefficient (Wildman–Crippen LogP) is 2.84. The Morgan fingerprint density at radius 3 is 2.36 bits per heavy atom. The molecule has 198 valence electrons. The van der Waals surface area contributed by atoms with Gasteiger partial charge in [0.25, 0.3) is 0 Å². The molecule has 4 aliphatic heterocycles. The summed E-state index contributed by atoms with van der Waals surface area (Å²) >= 11 is 1.63. The first kappa shape index (κ1) is 25.8. The van der Waals surface area contributed by atoms with Crippen molar-refractivity contribution in [2.75, 3.05) is 26.7 Å². The maximum atomic E-state index is 14.5. The molecule has 6 atom stereocenters. The fraction of sp³-hybridized carbons (Fsp3) is 0.750. The van der Waals surface area contributed by atoms with Gasteiger partial charge in [0.1, 0.15) is 6.04 Å². The number of aliphatic hydroxyl groups is 1. The summed E-state index contributed by atoms with van der Waals surface area (Å²) < 4.78 is -1.41. The van der Waals surface area contributed by atoms with Gasteiger partial charge in [0.05, 0.1) is 29.2 Å². The van der Waals surface area contributed by atoms with Gasteiger partial charge < -0.3 is 19.8 Å². The fourth-order valence-electron chi connectivity index (χ4n) is 7.53. The average molecular weight is 516 g/mol. The Morgan fingerprint density at radius 2 is 1.69 bits per heavy atom. The lowest BCUT2D eigenvalue weighted by Gasteiger charge is -2.42. The van der Waals surface area contributed by atoms with Gasteiger partial charge in [-0.25, -0.2) is 0 Å². The summed E-state index contributed by atoms with van der Waals surface area (Å²) in [5, 5.41) is 10.5. The Hall–Kier alpha value is -1.80. The van der Waals surface area contributed by atoms with E-state index in [0.29, 0.717) is 19.5 Å². The van der Waals surface area contributed by atoms with Gasteiger partial charge in [-0.2, -0.15) is 0 Å². The van der Waals surface area contributed by atoms with E-state index in [1.54, 1.807) is 28.6 Å². The number of rotatable bonds is 5. The zero-order valence-corrected chi connectivity index (χ0v) is 22.9. The Bertz CT molecular complexity index is 976. The van der Waals surface area contributed by atoms with Gasteiger partial charge >= 0.3 is 0 Å². The first-order valence-electron chi connectivity index (χ1n) is 13.7. The molecule has 8 heteroatoms. The molecule has 5 aliphatic rings. The van der Waals surface area contributed by atoms with Crippen molar-refractivity contribution in [2.45, 2.75) is 86.9 Å². The van der Waals surface area contributed by atoms with Gasteiger partial charge in [0, 0.05) is 30.9 Å². The SMILES string of the molecule is CC(C)C[C@H](CO)N1C(=O)[C@@H]2[C@H]3C(=O)N(C)CC=C[C@@]3(C)S[C@@]23C=CCN(C2CCCCC2)C(=O)C13. The zero-order valence-electron chi connectivity index (χ0n) is 22.1. The Morgan fingerprint density at radius 1 is 1.00 bits per heavy atom. The van der Waals surface area contributed by atoms with E-state index in [0.717, 1.165) is 25.7 Å². The number of fused-ring (bicyclic) bond motifs is 2. The number of hydrogen-bond acceptors (Lipinski definition) is 5. The number of carbonyl (C=O) groups excluding carboxylic acids is 3. The predicted molar refractivity (Wildman–Crippen MR) is 141 cm³/mol. The van der Waals surface area contributed by atoms with Crippen LogP contribution in [0.3, 0.4) is 0 Å². The average Bonchev–Trinajstić information content (AvgIpc) is 3.13. The first-order valence-corrected chi connectivity index (χ1v) is 14.5. The van der Waals surface area contributed by atoms with Crippen molar-refractivity contribution in [1.82, 2.24) is 14.7 Å². The third kappa shape index (κ3) is 3.85. The zero-order chi connectivity index (χ0) is 25.8. The van der Waals surface area contributed by atoms with Crippen molar-refractivity contribution in [1.29, 1.82) is 0 Å². The first-order chi connectivity index (χ1) is 17.1. The molecule has 3 amide bonds. The third-order valence-corrected chi connectivity index (χ3v) is 10.9. The lowest BCUT2D eigenvalue weighted by atomic mass is 9.74. The normalized spacial score (nSPS) is 37.8. The molecule has 1 saturated carbocycles. The summed E-state index contributed by atoms with van der Waals surface area (Å²) in [6.07, 6.45) is 14.3.